The number of hydrogen-bond acceptors (Lipinski definition) is 3. The number of halogens is 1. The van der Waals surface area contributed by atoms with E-state index in [2.05, 4.69) is 15.9 Å². The lowest BCUT2D eigenvalue weighted by atomic mass is 9.94. The Morgan fingerprint density at radius 2 is 1.93 bits per heavy atom. The summed E-state index contributed by atoms with van der Waals surface area (Å²) in [7, 11) is 0. The number of carbonyl (C=O) groups is 2. The largest absolute Gasteiger partial charge is 0.872 e. The van der Waals surface area contributed by atoms with Crippen LogP contribution in [0.15, 0.2) is 28.8 Å². The maximum Gasteiger partial charge on any atom is 0.200 e. The first-order chi connectivity index (χ1) is 6.61. The summed E-state index contributed by atoms with van der Waals surface area (Å²) in [4.78, 5) is 22.9. The van der Waals surface area contributed by atoms with Crippen molar-refractivity contribution < 1.29 is 14.7 Å². The highest BCUT2D eigenvalue weighted by Crippen LogP contribution is 2.28. The zero-order valence-corrected chi connectivity index (χ0v) is 8.50. The predicted molar refractivity (Wildman–Crippen MR) is 51.6 cm³/mol. The molecule has 1 aliphatic rings. The first kappa shape index (κ1) is 9.15. The normalized spacial score (nSPS) is 15.1. The number of hydrogen-bond donors (Lipinski definition) is 0. The average molecular weight is 252 g/mol. The van der Waals surface area contributed by atoms with E-state index in [0.717, 1.165) is 6.08 Å². The van der Waals surface area contributed by atoms with Gasteiger partial charge in [-0.1, -0.05) is 23.9 Å². The van der Waals surface area contributed by atoms with E-state index >= 15 is 0 Å². The van der Waals surface area contributed by atoms with Crippen LogP contribution in [0.25, 0.3) is 0 Å². The minimum absolute atomic E-state index is 0.0271. The Morgan fingerprint density at radius 3 is 2.64 bits per heavy atom. The quantitative estimate of drug-likeness (QED) is 0.701. The van der Waals surface area contributed by atoms with Crippen molar-refractivity contribution >= 4 is 27.5 Å². The standard InChI is InChI=1S/C10H5BrO3/c11-6-4-8(13)9-5(10(6)14)2-1-3-7(9)12/h1-4,12H/p-1. The van der Waals surface area contributed by atoms with Crippen LogP contribution in [0.2, 0.25) is 0 Å². The fraction of sp³-hybridized carbons (Fsp3) is 0. The van der Waals surface area contributed by atoms with Crippen LogP contribution in [0.1, 0.15) is 20.7 Å². The number of benzene rings is 1. The van der Waals surface area contributed by atoms with Gasteiger partial charge in [-0.3, -0.25) is 9.59 Å². The number of ketones is 2. The summed E-state index contributed by atoms with van der Waals surface area (Å²) in [5, 5.41) is 11.3. The fourth-order valence-corrected chi connectivity index (χ4v) is 1.78. The van der Waals surface area contributed by atoms with E-state index in [0.29, 0.717) is 0 Å². The fourth-order valence-electron chi connectivity index (χ4n) is 1.36. The van der Waals surface area contributed by atoms with Crippen molar-refractivity contribution in [3.63, 3.8) is 0 Å². The van der Waals surface area contributed by atoms with Crippen LogP contribution in [0, 0.1) is 0 Å². The van der Waals surface area contributed by atoms with Gasteiger partial charge in [0.05, 0.1) is 4.48 Å². The third-order valence-electron chi connectivity index (χ3n) is 1.99. The summed E-state index contributed by atoms with van der Waals surface area (Å²) in [6.45, 7) is 0. The Hall–Kier alpha value is -1.42. The summed E-state index contributed by atoms with van der Waals surface area (Å²) >= 11 is 2.98. The topological polar surface area (TPSA) is 57.2 Å². The molecule has 2 rings (SSSR count). The molecule has 14 heavy (non-hydrogen) atoms. The Kier molecular flexibility index (Phi) is 2.00. The minimum atomic E-state index is -0.419. The molecule has 0 saturated heterocycles. The molecule has 4 heteroatoms. The third kappa shape index (κ3) is 1.19. The molecule has 0 spiro atoms. The maximum atomic E-state index is 11.5. The number of fused-ring (bicyclic) bond motifs is 1. The van der Waals surface area contributed by atoms with Crippen LogP contribution in [0.4, 0.5) is 0 Å². The van der Waals surface area contributed by atoms with Crippen molar-refractivity contribution in [3.8, 4) is 5.75 Å². The van der Waals surface area contributed by atoms with Crippen LogP contribution in [0.3, 0.4) is 0 Å². The molecule has 0 aromatic heterocycles. The highest BCUT2D eigenvalue weighted by Gasteiger charge is 2.23. The molecule has 1 aliphatic carbocycles. The number of allylic oxidation sites excluding steroid dienone is 2. The molecule has 0 unspecified atom stereocenters. The average Bonchev–Trinajstić information content (AvgIpc) is 2.14. The van der Waals surface area contributed by atoms with Crippen LogP contribution < -0.4 is 5.11 Å². The lowest BCUT2D eigenvalue weighted by molar-refractivity contribution is -0.268. The van der Waals surface area contributed by atoms with Gasteiger partial charge in [0.25, 0.3) is 0 Å². The molecule has 1 aromatic rings. The second kappa shape index (κ2) is 3.06. The summed E-state index contributed by atoms with van der Waals surface area (Å²) < 4.78 is 0.195. The zero-order valence-electron chi connectivity index (χ0n) is 6.91. The van der Waals surface area contributed by atoms with Gasteiger partial charge in [0.15, 0.2) is 5.78 Å². The van der Waals surface area contributed by atoms with Crippen molar-refractivity contribution in [2.75, 3.05) is 0 Å². The molecule has 1 aromatic carbocycles. The van der Waals surface area contributed by atoms with Crippen molar-refractivity contribution in [1.29, 1.82) is 0 Å². The summed E-state index contributed by atoms with van der Waals surface area (Å²) in [6, 6.07) is 4.22. The van der Waals surface area contributed by atoms with Gasteiger partial charge in [0.2, 0.25) is 5.78 Å². The molecule has 0 radical (unpaired) electrons. The maximum absolute atomic E-state index is 11.5. The van der Waals surface area contributed by atoms with E-state index in [4.69, 9.17) is 0 Å². The van der Waals surface area contributed by atoms with Crippen LogP contribution in [-0.2, 0) is 0 Å². The summed E-state index contributed by atoms with van der Waals surface area (Å²) in [5.41, 5.74) is 0.151. The van der Waals surface area contributed by atoms with Crippen molar-refractivity contribution in [3.05, 3.63) is 39.9 Å². The van der Waals surface area contributed by atoms with Crippen molar-refractivity contribution in [2.24, 2.45) is 0 Å². The van der Waals surface area contributed by atoms with E-state index in [1.807, 2.05) is 0 Å². The van der Waals surface area contributed by atoms with Gasteiger partial charge in [0, 0.05) is 17.2 Å². The van der Waals surface area contributed by atoms with E-state index in [9.17, 15) is 14.7 Å². The van der Waals surface area contributed by atoms with E-state index in [1.54, 1.807) is 0 Å². The molecule has 70 valence electrons. The van der Waals surface area contributed by atoms with Crippen LogP contribution in [0.5, 0.6) is 5.75 Å². The van der Waals surface area contributed by atoms with Gasteiger partial charge in [0.1, 0.15) is 0 Å². The number of rotatable bonds is 0. The van der Waals surface area contributed by atoms with E-state index < -0.39 is 11.5 Å². The number of Topliss-reactive ketones (excluding diaryl/α,β-unsaturated/α-hetero) is 1. The monoisotopic (exact) mass is 251 g/mol. The van der Waals surface area contributed by atoms with E-state index in [-0.39, 0.29) is 21.4 Å². The second-order valence-electron chi connectivity index (χ2n) is 2.86. The van der Waals surface area contributed by atoms with Gasteiger partial charge in [-0.15, -0.1) is 0 Å². The summed E-state index contributed by atoms with van der Waals surface area (Å²) in [5.74, 6) is -1.15. The minimum Gasteiger partial charge on any atom is -0.872 e. The Balaban J connectivity index is 2.75. The van der Waals surface area contributed by atoms with E-state index in [1.165, 1.54) is 18.2 Å². The van der Waals surface area contributed by atoms with Gasteiger partial charge < -0.3 is 5.11 Å². The Labute approximate surface area is 88.2 Å². The smallest absolute Gasteiger partial charge is 0.200 e. The highest BCUT2D eigenvalue weighted by atomic mass is 79.9. The van der Waals surface area contributed by atoms with Crippen molar-refractivity contribution in [2.45, 2.75) is 0 Å². The molecule has 0 N–H and O–H groups in total. The van der Waals surface area contributed by atoms with Gasteiger partial charge in [-0.2, -0.15) is 0 Å². The summed E-state index contributed by atoms with van der Waals surface area (Å²) in [6.07, 6.45) is 1.13. The first-order valence-electron chi connectivity index (χ1n) is 3.87. The lowest BCUT2D eigenvalue weighted by Gasteiger charge is -2.17. The Morgan fingerprint density at radius 1 is 1.21 bits per heavy atom. The zero-order chi connectivity index (χ0) is 10.3. The molecule has 0 amide bonds. The van der Waals surface area contributed by atoms with Crippen LogP contribution >= 0.6 is 15.9 Å². The molecule has 0 aliphatic heterocycles. The third-order valence-corrected chi connectivity index (χ3v) is 2.58. The molecule has 3 nitrogen and oxygen atoms in total. The molecule has 0 bridgehead atoms. The predicted octanol–water partition coefficient (Wildman–Crippen LogP) is 1.42. The Bertz CT molecular complexity index is 474. The molecule has 0 atom stereocenters. The SMILES string of the molecule is O=C1C(Br)=CC(=O)c2c([O-])cccc21. The van der Waals surface area contributed by atoms with Crippen LogP contribution in [-0.4, -0.2) is 11.6 Å². The van der Waals surface area contributed by atoms with Gasteiger partial charge in [-0.05, 0) is 15.9 Å². The van der Waals surface area contributed by atoms with Crippen molar-refractivity contribution in [1.82, 2.24) is 0 Å². The molecule has 0 saturated carbocycles. The molecule has 0 fully saturated rings. The highest BCUT2D eigenvalue weighted by molar-refractivity contribution is 9.12. The number of carbonyl (C=O) groups excluding carboxylic acids is 2. The molecular formula is C10H4BrO3-. The molecular weight excluding hydrogens is 248 g/mol. The molecule has 0 heterocycles. The second-order valence-corrected chi connectivity index (χ2v) is 3.72. The lowest BCUT2D eigenvalue weighted by Crippen LogP contribution is -2.16. The van der Waals surface area contributed by atoms with Gasteiger partial charge >= 0.3 is 0 Å². The first-order valence-corrected chi connectivity index (χ1v) is 4.67. The van der Waals surface area contributed by atoms with Gasteiger partial charge in [-0.25, -0.2) is 0 Å².